The fourth-order valence-corrected chi connectivity index (χ4v) is 5.32. The van der Waals surface area contributed by atoms with E-state index in [0.717, 1.165) is 48.5 Å². The van der Waals surface area contributed by atoms with Gasteiger partial charge in [-0.2, -0.15) is 0 Å². The van der Waals surface area contributed by atoms with Gasteiger partial charge in [0.05, 0.1) is 29.5 Å². The number of nitrogens with zero attached hydrogens (tertiary/aromatic N) is 3. The molecular formula is C20H24ClN4OS+. The lowest BCUT2D eigenvalue weighted by molar-refractivity contribution is -0.895. The monoisotopic (exact) mass is 403 g/mol. The number of anilines is 1. The lowest BCUT2D eigenvalue weighted by Gasteiger charge is -2.24. The van der Waals surface area contributed by atoms with E-state index >= 15 is 0 Å². The van der Waals surface area contributed by atoms with Crippen LogP contribution in [0.5, 0.6) is 0 Å². The number of fused-ring (bicyclic) bond motifs is 3. The second-order valence-corrected chi connectivity index (χ2v) is 8.54. The van der Waals surface area contributed by atoms with E-state index < -0.39 is 0 Å². The fourth-order valence-electron chi connectivity index (χ4n) is 3.82. The molecule has 0 aliphatic carbocycles. The molecule has 3 aromatic rings. The van der Waals surface area contributed by atoms with Crippen molar-refractivity contribution in [1.82, 2.24) is 9.55 Å². The number of likely N-dealkylation sites (N-methyl/N-ethyl adjacent to an activating group) is 1. The van der Waals surface area contributed by atoms with E-state index in [-0.39, 0.29) is 5.56 Å². The summed E-state index contributed by atoms with van der Waals surface area (Å²) < 4.78 is 1.74. The van der Waals surface area contributed by atoms with Crippen LogP contribution in [0.4, 0.5) is 5.95 Å². The number of quaternary nitrogens is 1. The van der Waals surface area contributed by atoms with Crippen LogP contribution in [0.2, 0.25) is 5.02 Å². The Morgan fingerprint density at radius 2 is 2.11 bits per heavy atom. The molecule has 1 aromatic carbocycles. The predicted octanol–water partition coefficient (Wildman–Crippen LogP) is 2.52. The molecule has 0 saturated heterocycles. The van der Waals surface area contributed by atoms with Crippen molar-refractivity contribution in [2.24, 2.45) is 0 Å². The molecule has 27 heavy (non-hydrogen) atoms. The number of thiophene rings is 1. The summed E-state index contributed by atoms with van der Waals surface area (Å²) in [7, 11) is 2.20. The van der Waals surface area contributed by atoms with Crippen molar-refractivity contribution in [3.63, 3.8) is 0 Å². The first-order valence-corrected chi connectivity index (χ1v) is 10.6. The molecule has 1 aliphatic heterocycles. The number of nitrogens with one attached hydrogen (secondary N) is 1. The number of aromatic nitrogens is 2. The van der Waals surface area contributed by atoms with Crippen molar-refractivity contribution in [2.45, 2.75) is 26.8 Å². The second kappa shape index (κ2) is 7.26. The third-order valence-corrected chi connectivity index (χ3v) is 6.63. The van der Waals surface area contributed by atoms with Crippen LogP contribution in [0.1, 0.15) is 24.3 Å². The molecule has 2 aromatic heterocycles. The van der Waals surface area contributed by atoms with Gasteiger partial charge in [0.15, 0.2) is 0 Å². The molecule has 0 amide bonds. The molecule has 1 N–H and O–H groups in total. The quantitative estimate of drug-likeness (QED) is 0.727. The summed E-state index contributed by atoms with van der Waals surface area (Å²) in [6.45, 7) is 7.75. The van der Waals surface area contributed by atoms with Crippen LogP contribution >= 0.6 is 22.9 Å². The fraction of sp³-hybridized carbons (Fsp3) is 0.400. The molecular weight excluding hydrogens is 380 g/mol. The maximum atomic E-state index is 13.7. The van der Waals surface area contributed by atoms with Gasteiger partial charge >= 0.3 is 0 Å². The van der Waals surface area contributed by atoms with Crippen molar-refractivity contribution in [3.8, 4) is 5.69 Å². The summed E-state index contributed by atoms with van der Waals surface area (Å²) >= 11 is 7.90. The summed E-state index contributed by atoms with van der Waals surface area (Å²) in [6, 6.07) is 7.46. The Kier molecular flexibility index (Phi) is 4.97. The highest BCUT2D eigenvalue weighted by Gasteiger charge is 2.27. The molecule has 0 radical (unpaired) electrons. The van der Waals surface area contributed by atoms with Crippen molar-refractivity contribution < 1.29 is 4.90 Å². The Morgan fingerprint density at radius 3 is 2.81 bits per heavy atom. The zero-order valence-corrected chi connectivity index (χ0v) is 17.5. The van der Waals surface area contributed by atoms with Gasteiger partial charge in [0.25, 0.3) is 5.56 Å². The predicted molar refractivity (Wildman–Crippen MR) is 113 cm³/mol. The normalized spacial score (nSPS) is 16.5. The van der Waals surface area contributed by atoms with Gasteiger partial charge in [0.2, 0.25) is 5.95 Å². The lowest BCUT2D eigenvalue weighted by atomic mass is 10.1. The molecule has 0 bridgehead atoms. The zero-order valence-electron chi connectivity index (χ0n) is 15.9. The number of halogens is 1. The first-order valence-electron chi connectivity index (χ1n) is 9.43. The number of hydrogen-bond donors (Lipinski definition) is 1. The average Bonchev–Trinajstić information content (AvgIpc) is 3.00. The molecule has 7 heteroatoms. The van der Waals surface area contributed by atoms with Gasteiger partial charge in [0, 0.05) is 24.5 Å². The highest BCUT2D eigenvalue weighted by molar-refractivity contribution is 7.18. The molecule has 0 saturated carbocycles. The van der Waals surface area contributed by atoms with E-state index in [4.69, 9.17) is 16.6 Å². The summed E-state index contributed by atoms with van der Waals surface area (Å²) in [5, 5.41) is 1.40. The van der Waals surface area contributed by atoms with Crippen LogP contribution in [0, 0.1) is 0 Å². The highest BCUT2D eigenvalue weighted by atomic mass is 35.5. The standard InChI is InChI=1S/C20H23ClN4OS/c1-4-24(5-2)20-22-18-17(15-9-10-23(3)12-16(15)27-18)19(26)25(20)14-8-6-7-13(21)11-14/h6-8,11H,4-5,9-10,12H2,1-3H3/p+1. The van der Waals surface area contributed by atoms with Crippen LogP contribution in [-0.4, -0.2) is 36.2 Å². The molecule has 1 aliphatic rings. The van der Waals surface area contributed by atoms with Gasteiger partial charge in [-0.25, -0.2) is 9.55 Å². The Labute approximate surface area is 167 Å². The average molecular weight is 404 g/mol. The summed E-state index contributed by atoms with van der Waals surface area (Å²) in [5.41, 5.74) is 1.98. The minimum Gasteiger partial charge on any atom is -0.342 e. The molecule has 1 unspecified atom stereocenters. The third-order valence-electron chi connectivity index (χ3n) is 5.27. The smallest absolute Gasteiger partial charge is 0.268 e. The maximum Gasteiger partial charge on any atom is 0.268 e. The van der Waals surface area contributed by atoms with Crippen LogP contribution in [0.3, 0.4) is 0 Å². The van der Waals surface area contributed by atoms with Crippen molar-refractivity contribution in [1.29, 1.82) is 0 Å². The van der Waals surface area contributed by atoms with E-state index in [0.29, 0.717) is 11.0 Å². The summed E-state index contributed by atoms with van der Waals surface area (Å²) in [5.74, 6) is 0.694. The Balaban J connectivity index is 2.05. The minimum atomic E-state index is 0.0150. The van der Waals surface area contributed by atoms with Crippen LogP contribution in [0.25, 0.3) is 15.9 Å². The number of rotatable bonds is 4. The topological polar surface area (TPSA) is 42.6 Å². The van der Waals surface area contributed by atoms with Crippen LogP contribution in [0.15, 0.2) is 29.1 Å². The largest absolute Gasteiger partial charge is 0.342 e. The number of hydrogen-bond acceptors (Lipinski definition) is 4. The minimum absolute atomic E-state index is 0.0150. The third kappa shape index (κ3) is 3.16. The van der Waals surface area contributed by atoms with Crippen molar-refractivity contribution >= 4 is 39.1 Å². The van der Waals surface area contributed by atoms with Crippen molar-refractivity contribution in [2.75, 3.05) is 31.6 Å². The maximum absolute atomic E-state index is 13.7. The summed E-state index contributed by atoms with van der Waals surface area (Å²) in [4.78, 5) is 24.4. The Morgan fingerprint density at radius 1 is 1.33 bits per heavy atom. The molecule has 3 heterocycles. The molecule has 0 fully saturated rings. The molecule has 142 valence electrons. The number of benzene rings is 1. The molecule has 5 nitrogen and oxygen atoms in total. The Bertz CT molecular complexity index is 1050. The van der Waals surface area contributed by atoms with E-state index in [1.54, 1.807) is 15.9 Å². The van der Waals surface area contributed by atoms with E-state index in [9.17, 15) is 4.79 Å². The van der Waals surface area contributed by atoms with Gasteiger partial charge in [-0.05, 0) is 37.6 Å². The first-order chi connectivity index (χ1) is 13.0. The molecule has 4 rings (SSSR count). The van der Waals surface area contributed by atoms with E-state index in [2.05, 4.69) is 25.8 Å². The summed E-state index contributed by atoms with van der Waals surface area (Å²) in [6.07, 6.45) is 0.929. The lowest BCUT2D eigenvalue weighted by Crippen LogP contribution is -3.08. The van der Waals surface area contributed by atoms with Gasteiger partial charge in [-0.15, -0.1) is 11.3 Å². The van der Waals surface area contributed by atoms with Crippen LogP contribution < -0.4 is 15.4 Å². The van der Waals surface area contributed by atoms with Crippen LogP contribution in [-0.2, 0) is 13.0 Å². The SMILES string of the molecule is CCN(CC)c1nc2sc3c(c2c(=O)n1-c1cccc(Cl)c1)CC[NH+](C)C3. The Hall–Kier alpha value is -1.89. The van der Waals surface area contributed by atoms with Gasteiger partial charge in [-0.3, -0.25) is 4.79 Å². The highest BCUT2D eigenvalue weighted by Crippen LogP contribution is 2.31. The van der Waals surface area contributed by atoms with Gasteiger partial charge in [0.1, 0.15) is 11.4 Å². The second-order valence-electron chi connectivity index (χ2n) is 7.02. The molecule has 0 spiro atoms. The van der Waals surface area contributed by atoms with E-state index in [1.165, 1.54) is 15.3 Å². The van der Waals surface area contributed by atoms with Gasteiger partial charge in [-0.1, -0.05) is 17.7 Å². The zero-order chi connectivity index (χ0) is 19.1. The molecule has 1 atom stereocenters. The first kappa shape index (κ1) is 18.5. The van der Waals surface area contributed by atoms with Gasteiger partial charge < -0.3 is 9.80 Å². The van der Waals surface area contributed by atoms with Crippen molar-refractivity contribution in [3.05, 3.63) is 50.1 Å². The van der Waals surface area contributed by atoms with E-state index in [1.807, 2.05) is 24.3 Å².